The number of aliphatic hydroxyl groups is 1. The third kappa shape index (κ3) is 4.66. The maximum absolute atomic E-state index is 12.8. The second kappa shape index (κ2) is 8.52. The van der Waals surface area contributed by atoms with E-state index >= 15 is 0 Å². The average molecular weight is 307 g/mol. The molecule has 20 heavy (non-hydrogen) atoms. The molecule has 0 aliphatic rings. The van der Waals surface area contributed by atoms with Gasteiger partial charge in [-0.3, -0.25) is 4.90 Å². The lowest BCUT2D eigenvalue weighted by Crippen LogP contribution is -2.44. The number of hydrogen-bond acceptors (Lipinski definition) is 3. The van der Waals surface area contributed by atoms with Gasteiger partial charge in [0, 0.05) is 17.6 Å². The molecule has 0 saturated heterocycles. The van der Waals surface area contributed by atoms with Crippen LogP contribution in [0, 0.1) is 0 Å². The van der Waals surface area contributed by atoms with Crippen LogP contribution in [-0.4, -0.2) is 42.2 Å². The van der Waals surface area contributed by atoms with E-state index in [2.05, 4.69) is 0 Å². The van der Waals surface area contributed by atoms with Gasteiger partial charge in [0.15, 0.2) is 0 Å². The van der Waals surface area contributed by atoms with Crippen molar-refractivity contribution in [3.8, 4) is 0 Å². The summed E-state index contributed by atoms with van der Waals surface area (Å²) in [6, 6.07) is 6.32. The summed E-state index contributed by atoms with van der Waals surface area (Å²) in [7, 11) is 0. The highest BCUT2D eigenvalue weighted by Crippen LogP contribution is 2.31. The van der Waals surface area contributed by atoms with E-state index in [0.717, 1.165) is 5.56 Å². The Kier molecular flexibility index (Phi) is 7.37. The molecule has 3 nitrogen and oxygen atoms in total. The Labute approximate surface area is 123 Å². The van der Waals surface area contributed by atoms with Crippen LogP contribution < -0.4 is 5.73 Å². The van der Waals surface area contributed by atoms with Crippen LogP contribution in [0.5, 0.6) is 0 Å². The van der Waals surface area contributed by atoms with E-state index in [1.807, 2.05) is 6.92 Å². The molecule has 0 radical (unpaired) electrons. The fourth-order valence-corrected chi connectivity index (χ4v) is 2.53. The first-order valence-electron chi connectivity index (χ1n) is 6.64. The second-order valence-electron chi connectivity index (χ2n) is 4.65. The lowest BCUT2D eigenvalue weighted by molar-refractivity contribution is 0.0467. The molecular formula is C14H21ClF2N2O. The zero-order valence-corrected chi connectivity index (χ0v) is 12.2. The third-order valence-electron chi connectivity index (χ3n) is 3.25. The summed E-state index contributed by atoms with van der Waals surface area (Å²) in [5, 5.41) is 9.61. The smallest absolute Gasteiger partial charge is 0.251 e. The Balaban J connectivity index is 3.12. The molecule has 2 atom stereocenters. The summed E-state index contributed by atoms with van der Waals surface area (Å²) in [5.41, 5.74) is 6.82. The second-order valence-corrected chi connectivity index (χ2v) is 5.06. The maximum Gasteiger partial charge on any atom is 0.251 e. The Bertz CT molecular complexity index is 407. The topological polar surface area (TPSA) is 49.5 Å². The van der Waals surface area contributed by atoms with Crippen LogP contribution in [0.25, 0.3) is 0 Å². The van der Waals surface area contributed by atoms with Gasteiger partial charge in [0.1, 0.15) is 0 Å². The highest BCUT2D eigenvalue weighted by atomic mass is 35.5. The molecule has 0 fully saturated rings. The highest BCUT2D eigenvalue weighted by Gasteiger charge is 2.28. The van der Waals surface area contributed by atoms with Crippen molar-refractivity contribution in [2.24, 2.45) is 5.73 Å². The molecule has 0 aliphatic carbocycles. The monoisotopic (exact) mass is 306 g/mol. The number of benzene rings is 1. The molecule has 0 saturated carbocycles. The number of nitrogens with zero attached hydrogens (tertiary/aromatic N) is 1. The van der Waals surface area contributed by atoms with Crippen molar-refractivity contribution < 1.29 is 13.9 Å². The van der Waals surface area contributed by atoms with Gasteiger partial charge in [0.05, 0.1) is 19.2 Å². The Hall–Kier alpha value is -0.750. The van der Waals surface area contributed by atoms with Crippen LogP contribution in [0.3, 0.4) is 0 Å². The molecule has 0 aromatic heterocycles. The number of rotatable bonds is 8. The largest absolute Gasteiger partial charge is 0.395 e. The summed E-state index contributed by atoms with van der Waals surface area (Å²) < 4.78 is 25.5. The molecule has 0 heterocycles. The number of nitrogens with two attached hydrogens (primary N) is 1. The molecule has 1 aromatic rings. The summed E-state index contributed by atoms with van der Waals surface area (Å²) >= 11 is 6.17. The van der Waals surface area contributed by atoms with Crippen molar-refractivity contribution in [3.63, 3.8) is 0 Å². The molecule has 0 aliphatic heterocycles. The first-order chi connectivity index (χ1) is 9.51. The number of halogens is 3. The molecule has 0 spiro atoms. The van der Waals surface area contributed by atoms with Crippen LogP contribution in [-0.2, 0) is 0 Å². The van der Waals surface area contributed by atoms with Crippen molar-refractivity contribution in [1.82, 2.24) is 4.90 Å². The first kappa shape index (κ1) is 17.3. The molecule has 2 unspecified atom stereocenters. The zero-order valence-electron chi connectivity index (χ0n) is 11.5. The van der Waals surface area contributed by atoms with Gasteiger partial charge in [-0.1, -0.05) is 36.7 Å². The summed E-state index contributed by atoms with van der Waals surface area (Å²) in [6.45, 7) is 1.39. The molecule has 6 heteroatoms. The van der Waals surface area contributed by atoms with Gasteiger partial charge >= 0.3 is 0 Å². The quantitative estimate of drug-likeness (QED) is 0.776. The zero-order chi connectivity index (χ0) is 15.1. The maximum atomic E-state index is 12.8. The molecule has 0 amide bonds. The van der Waals surface area contributed by atoms with Crippen molar-refractivity contribution in [2.75, 3.05) is 19.7 Å². The molecular weight excluding hydrogens is 286 g/mol. The Morgan fingerprint density at radius 2 is 2.00 bits per heavy atom. The molecule has 114 valence electrons. The summed E-state index contributed by atoms with van der Waals surface area (Å²) in [4.78, 5) is 1.50. The number of aliphatic hydroxyl groups excluding tert-OH is 1. The molecule has 0 bridgehead atoms. The van der Waals surface area contributed by atoms with Gasteiger partial charge in [-0.15, -0.1) is 0 Å². The molecule has 1 aromatic carbocycles. The Morgan fingerprint density at radius 3 is 2.50 bits per heavy atom. The van der Waals surface area contributed by atoms with Crippen molar-refractivity contribution in [2.45, 2.75) is 31.9 Å². The first-order valence-corrected chi connectivity index (χ1v) is 7.02. The summed E-state index contributed by atoms with van der Waals surface area (Å²) in [5.74, 6) is 0. The van der Waals surface area contributed by atoms with Crippen LogP contribution >= 0.6 is 11.6 Å². The predicted octanol–water partition coefficient (Wildman–Crippen LogP) is 2.68. The van der Waals surface area contributed by atoms with Gasteiger partial charge < -0.3 is 10.8 Å². The lowest BCUT2D eigenvalue weighted by atomic mass is 9.96. The van der Waals surface area contributed by atoms with Crippen molar-refractivity contribution in [3.05, 3.63) is 34.9 Å². The van der Waals surface area contributed by atoms with Gasteiger partial charge in [0.25, 0.3) is 6.43 Å². The SMILES string of the molecule is CCC(N)C(c1ccccc1Cl)N(CCO)CC(F)F. The highest BCUT2D eigenvalue weighted by molar-refractivity contribution is 6.31. The standard InChI is InChI=1S/C14H21ClF2N2O/c1-2-12(18)14(10-5-3-4-6-11(10)15)19(7-8-20)9-13(16)17/h3-6,12-14,20H,2,7-9,18H2,1H3. The van der Waals surface area contributed by atoms with E-state index in [4.69, 9.17) is 22.4 Å². The molecule has 3 N–H and O–H groups in total. The minimum absolute atomic E-state index is 0.133. The predicted molar refractivity (Wildman–Crippen MR) is 77.1 cm³/mol. The van der Waals surface area contributed by atoms with Crippen LogP contribution in [0.1, 0.15) is 24.9 Å². The third-order valence-corrected chi connectivity index (χ3v) is 3.60. The van der Waals surface area contributed by atoms with Crippen LogP contribution in [0.4, 0.5) is 8.78 Å². The minimum Gasteiger partial charge on any atom is -0.395 e. The van der Waals surface area contributed by atoms with E-state index in [0.29, 0.717) is 11.4 Å². The van der Waals surface area contributed by atoms with Gasteiger partial charge in [-0.05, 0) is 18.1 Å². The number of hydrogen-bond donors (Lipinski definition) is 2. The molecule has 1 rings (SSSR count). The minimum atomic E-state index is -2.49. The Morgan fingerprint density at radius 1 is 1.35 bits per heavy atom. The van der Waals surface area contributed by atoms with Gasteiger partial charge in [0.2, 0.25) is 0 Å². The van der Waals surface area contributed by atoms with Gasteiger partial charge in [-0.25, -0.2) is 8.78 Å². The fourth-order valence-electron chi connectivity index (χ4n) is 2.29. The average Bonchev–Trinajstić information content (AvgIpc) is 2.40. The van der Waals surface area contributed by atoms with Crippen LogP contribution in [0.2, 0.25) is 5.02 Å². The van der Waals surface area contributed by atoms with E-state index in [-0.39, 0.29) is 19.2 Å². The summed E-state index contributed by atoms with van der Waals surface area (Å²) in [6.07, 6.45) is -1.86. The van der Waals surface area contributed by atoms with Crippen molar-refractivity contribution in [1.29, 1.82) is 0 Å². The number of alkyl halides is 2. The normalized spacial score (nSPS) is 14.8. The lowest BCUT2D eigenvalue weighted by Gasteiger charge is -2.35. The van der Waals surface area contributed by atoms with E-state index in [9.17, 15) is 8.78 Å². The van der Waals surface area contributed by atoms with E-state index in [1.165, 1.54) is 4.90 Å². The van der Waals surface area contributed by atoms with Crippen molar-refractivity contribution >= 4 is 11.6 Å². The fraction of sp³-hybridized carbons (Fsp3) is 0.571. The van der Waals surface area contributed by atoms with E-state index < -0.39 is 19.0 Å². The van der Waals surface area contributed by atoms with E-state index in [1.54, 1.807) is 24.3 Å². The van der Waals surface area contributed by atoms with Gasteiger partial charge in [-0.2, -0.15) is 0 Å². The van der Waals surface area contributed by atoms with Crippen LogP contribution in [0.15, 0.2) is 24.3 Å².